The molecule has 6 nitrogen and oxygen atoms in total. The lowest BCUT2D eigenvalue weighted by atomic mass is 9.83. The molecule has 0 aromatic rings. The Morgan fingerprint density at radius 3 is 2.26 bits per heavy atom. The van der Waals surface area contributed by atoms with Crippen LogP contribution in [0, 0.1) is 5.92 Å². The van der Waals surface area contributed by atoms with Gasteiger partial charge in [0, 0.05) is 6.92 Å². The van der Waals surface area contributed by atoms with E-state index in [2.05, 4.69) is 5.32 Å². The minimum atomic E-state index is -1.20. The lowest BCUT2D eigenvalue weighted by Gasteiger charge is -2.45. The fraction of sp³-hybridized carbons (Fsp3) is 0.923. The molecule has 0 aliphatic carbocycles. The highest BCUT2D eigenvalue weighted by molar-refractivity contribution is 5.73. The zero-order valence-corrected chi connectivity index (χ0v) is 11.7. The second-order valence-electron chi connectivity index (χ2n) is 5.11. The van der Waals surface area contributed by atoms with Gasteiger partial charge in [-0.15, -0.1) is 0 Å². The van der Waals surface area contributed by atoms with Gasteiger partial charge in [0.15, 0.2) is 0 Å². The first kappa shape index (κ1) is 16.4. The highest BCUT2D eigenvalue weighted by atomic mass is 16.5. The zero-order chi connectivity index (χ0) is 14.6. The van der Waals surface area contributed by atoms with Crippen LogP contribution in [0.5, 0.6) is 0 Å². The molecule has 1 fully saturated rings. The van der Waals surface area contributed by atoms with Gasteiger partial charge in [0.1, 0.15) is 18.3 Å². The molecule has 6 heteroatoms. The van der Waals surface area contributed by atoms with Crippen LogP contribution in [0.4, 0.5) is 0 Å². The fourth-order valence-corrected chi connectivity index (χ4v) is 2.70. The van der Waals surface area contributed by atoms with E-state index in [-0.39, 0.29) is 18.4 Å². The molecule has 0 aromatic heterocycles. The Labute approximate surface area is 113 Å². The quantitative estimate of drug-likeness (QED) is 0.537. The average Bonchev–Trinajstić information content (AvgIpc) is 2.38. The Hall–Kier alpha value is -0.690. The van der Waals surface area contributed by atoms with Gasteiger partial charge in [-0.2, -0.15) is 0 Å². The van der Waals surface area contributed by atoms with Gasteiger partial charge in [-0.3, -0.25) is 4.79 Å². The molecule has 5 atom stereocenters. The molecule has 0 bridgehead atoms. The predicted octanol–water partition coefficient (Wildman–Crippen LogP) is -0.591. The summed E-state index contributed by atoms with van der Waals surface area (Å²) in [5.41, 5.74) is 0. The largest absolute Gasteiger partial charge is 0.394 e. The summed E-state index contributed by atoms with van der Waals surface area (Å²) in [5, 5.41) is 31.9. The summed E-state index contributed by atoms with van der Waals surface area (Å²) in [6.45, 7) is 5.02. The second kappa shape index (κ2) is 7.19. The Bertz CT molecular complexity index is 295. The van der Waals surface area contributed by atoms with Gasteiger partial charge in [0.2, 0.25) is 5.91 Å². The van der Waals surface area contributed by atoms with Crippen molar-refractivity contribution in [3.63, 3.8) is 0 Å². The minimum Gasteiger partial charge on any atom is -0.394 e. The molecular weight excluding hydrogens is 250 g/mol. The number of nitrogens with one attached hydrogen (secondary N) is 1. The van der Waals surface area contributed by atoms with E-state index in [1.165, 1.54) is 6.92 Å². The summed E-state index contributed by atoms with van der Waals surface area (Å²) >= 11 is 0. The van der Waals surface area contributed by atoms with Crippen molar-refractivity contribution in [2.24, 2.45) is 5.92 Å². The minimum absolute atomic E-state index is 0.146. The van der Waals surface area contributed by atoms with Gasteiger partial charge in [-0.05, 0) is 5.92 Å². The molecule has 0 radical (unpaired) electrons. The van der Waals surface area contributed by atoms with Crippen LogP contribution in [-0.2, 0) is 9.53 Å². The summed E-state index contributed by atoms with van der Waals surface area (Å²) in [6, 6.07) is -0.653. The number of aliphatic hydroxyl groups is 3. The number of carbonyl (C=O) groups excluding carboxylic acids is 1. The van der Waals surface area contributed by atoms with Crippen molar-refractivity contribution >= 4 is 5.91 Å². The first-order valence-electron chi connectivity index (χ1n) is 6.85. The van der Waals surface area contributed by atoms with E-state index in [9.17, 15) is 20.1 Å². The first-order chi connectivity index (χ1) is 8.96. The van der Waals surface area contributed by atoms with Crippen molar-refractivity contribution < 1.29 is 24.9 Å². The first-order valence-corrected chi connectivity index (χ1v) is 6.85. The van der Waals surface area contributed by atoms with E-state index < -0.39 is 30.5 Å². The van der Waals surface area contributed by atoms with Gasteiger partial charge in [0.25, 0.3) is 0 Å². The van der Waals surface area contributed by atoms with Gasteiger partial charge in [-0.1, -0.05) is 26.7 Å². The topological polar surface area (TPSA) is 99.0 Å². The molecule has 1 aliphatic heterocycles. The van der Waals surface area contributed by atoms with Gasteiger partial charge >= 0.3 is 0 Å². The predicted molar refractivity (Wildman–Crippen MR) is 69.4 cm³/mol. The van der Waals surface area contributed by atoms with Gasteiger partial charge in [0.05, 0.1) is 18.8 Å². The summed E-state index contributed by atoms with van der Waals surface area (Å²) in [6.07, 6.45) is -1.90. The molecule has 112 valence electrons. The smallest absolute Gasteiger partial charge is 0.217 e. The molecule has 0 spiro atoms. The third-order valence-electron chi connectivity index (χ3n) is 3.85. The Morgan fingerprint density at radius 1 is 1.26 bits per heavy atom. The molecule has 4 N–H and O–H groups in total. The zero-order valence-electron chi connectivity index (χ0n) is 11.7. The van der Waals surface area contributed by atoms with Crippen molar-refractivity contribution in [1.29, 1.82) is 0 Å². The van der Waals surface area contributed by atoms with Crippen LogP contribution in [0.1, 0.15) is 33.6 Å². The summed E-state index contributed by atoms with van der Waals surface area (Å²) < 4.78 is 5.70. The average molecular weight is 275 g/mol. The highest BCUT2D eigenvalue weighted by Crippen LogP contribution is 2.29. The van der Waals surface area contributed by atoms with Crippen molar-refractivity contribution in [1.82, 2.24) is 5.32 Å². The lowest BCUT2D eigenvalue weighted by molar-refractivity contribution is -0.207. The van der Waals surface area contributed by atoms with Crippen molar-refractivity contribution in [2.45, 2.75) is 64.1 Å². The molecule has 1 rings (SSSR count). The summed E-state index contributed by atoms with van der Waals surface area (Å²) in [4.78, 5) is 11.3. The van der Waals surface area contributed by atoms with Crippen molar-refractivity contribution in [2.75, 3.05) is 6.61 Å². The summed E-state index contributed by atoms with van der Waals surface area (Å²) in [7, 11) is 0. The maximum atomic E-state index is 11.3. The molecule has 19 heavy (non-hydrogen) atoms. The Morgan fingerprint density at radius 2 is 1.84 bits per heavy atom. The van der Waals surface area contributed by atoms with Crippen LogP contribution in [0.15, 0.2) is 0 Å². The van der Waals surface area contributed by atoms with E-state index in [1.54, 1.807) is 0 Å². The summed E-state index contributed by atoms with van der Waals surface area (Å²) in [5.74, 6) is -0.133. The number of ether oxygens (including phenoxy) is 1. The fourth-order valence-electron chi connectivity index (χ4n) is 2.70. The van der Waals surface area contributed by atoms with Gasteiger partial charge in [-0.25, -0.2) is 0 Å². The normalized spacial score (nSPS) is 35.4. The molecular formula is C13H25NO5. The van der Waals surface area contributed by atoms with Gasteiger partial charge < -0.3 is 25.4 Å². The monoisotopic (exact) mass is 275 g/mol. The van der Waals surface area contributed by atoms with Crippen LogP contribution >= 0.6 is 0 Å². The van der Waals surface area contributed by atoms with E-state index in [1.807, 2.05) is 13.8 Å². The van der Waals surface area contributed by atoms with Crippen LogP contribution in [0.2, 0.25) is 0 Å². The molecule has 1 amide bonds. The van der Waals surface area contributed by atoms with Crippen LogP contribution in [0.3, 0.4) is 0 Å². The molecule has 1 aliphatic rings. The third-order valence-corrected chi connectivity index (χ3v) is 3.85. The van der Waals surface area contributed by atoms with Crippen LogP contribution < -0.4 is 5.32 Å². The Kier molecular flexibility index (Phi) is 6.19. The number of hydrogen-bond acceptors (Lipinski definition) is 5. The standard InChI is InChI=1S/C13H25NO5/c1-4-8(5-2)13-10(14-7(3)16)12(18)11(17)9(6-15)19-13/h8-13,15,17-18H,4-6H2,1-3H3,(H,14,16)/t9?,10?,11-,12?,13+/m1/s1. The number of amides is 1. The molecule has 3 unspecified atom stereocenters. The van der Waals surface area contributed by atoms with Crippen LogP contribution in [-0.4, -0.2) is 58.3 Å². The van der Waals surface area contributed by atoms with E-state index in [0.717, 1.165) is 12.8 Å². The van der Waals surface area contributed by atoms with Crippen molar-refractivity contribution in [3.05, 3.63) is 0 Å². The molecule has 0 aromatic carbocycles. The lowest BCUT2D eigenvalue weighted by Crippen LogP contribution is -2.65. The van der Waals surface area contributed by atoms with Crippen molar-refractivity contribution in [3.8, 4) is 0 Å². The van der Waals surface area contributed by atoms with Crippen LogP contribution in [0.25, 0.3) is 0 Å². The number of carbonyl (C=O) groups is 1. The van der Waals surface area contributed by atoms with E-state index in [4.69, 9.17) is 4.74 Å². The van der Waals surface area contributed by atoms with E-state index >= 15 is 0 Å². The van der Waals surface area contributed by atoms with E-state index in [0.29, 0.717) is 0 Å². The number of aliphatic hydroxyl groups excluding tert-OH is 3. The third kappa shape index (κ3) is 3.66. The molecule has 1 saturated heterocycles. The number of rotatable bonds is 5. The second-order valence-corrected chi connectivity index (χ2v) is 5.11. The maximum absolute atomic E-state index is 11.3. The maximum Gasteiger partial charge on any atom is 0.217 e. The Balaban J connectivity index is 2.95. The molecule has 0 saturated carbocycles. The molecule has 1 heterocycles. The SMILES string of the molecule is CCC(CC)[C@@H]1OC(CO)[C@@H](O)C(O)C1NC(C)=O. The highest BCUT2D eigenvalue weighted by Gasteiger charge is 2.46. The number of hydrogen-bond donors (Lipinski definition) is 4.